The summed E-state index contributed by atoms with van der Waals surface area (Å²) >= 11 is 0. The highest BCUT2D eigenvalue weighted by Gasteiger charge is 2.44. The molecule has 2 aromatic heterocycles. The van der Waals surface area contributed by atoms with Gasteiger partial charge in [0, 0.05) is 34.7 Å². The van der Waals surface area contributed by atoms with Gasteiger partial charge < -0.3 is 24.6 Å². The number of hydrogen-bond acceptors (Lipinski definition) is 6. The van der Waals surface area contributed by atoms with Crippen LogP contribution in [0.15, 0.2) is 23.0 Å². The number of pyridine rings is 2. The van der Waals surface area contributed by atoms with Crippen LogP contribution in [0.2, 0.25) is 0 Å². The number of hydrogen-bond donors (Lipinski definition) is 3. The van der Waals surface area contributed by atoms with Gasteiger partial charge in [-0.15, -0.1) is 0 Å². The van der Waals surface area contributed by atoms with E-state index in [-0.39, 0.29) is 31.0 Å². The molecule has 0 fully saturated rings. The zero-order valence-electron chi connectivity index (χ0n) is 18.7. The molecule has 174 valence electrons. The highest BCUT2D eigenvalue weighted by Crippen LogP contribution is 2.41. The smallest absolute Gasteiger partial charge is 0.257 e. The molecule has 7 nitrogen and oxygen atoms in total. The summed E-state index contributed by atoms with van der Waals surface area (Å²) < 4.78 is 21.3. The molecule has 0 amide bonds. The Morgan fingerprint density at radius 2 is 2.06 bits per heavy atom. The van der Waals surface area contributed by atoms with E-state index in [0.29, 0.717) is 53.0 Å². The minimum atomic E-state index is -1.70. The maximum absolute atomic E-state index is 14.4. The summed E-state index contributed by atoms with van der Waals surface area (Å²) in [6, 6.07) is 4.93. The summed E-state index contributed by atoms with van der Waals surface area (Å²) in [5.41, 5.74) is 2.74. The third-order valence-corrected chi connectivity index (χ3v) is 7.08. The lowest BCUT2D eigenvalue weighted by Gasteiger charge is -2.37. The molecule has 5 rings (SSSR count). The predicted molar refractivity (Wildman–Crippen MR) is 120 cm³/mol. The Balaban J connectivity index is 1.77. The monoisotopic (exact) mass is 454 g/mol. The Labute approximate surface area is 190 Å². The van der Waals surface area contributed by atoms with Crippen LogP contribution in [-0.4, -0.2) is 37.8 Å². The molecule has 4 heterocycles. The van der Waals surface area contributed by atoms with Gasteiger partial charge in [-0.3, -0.25) is 4.79 Å². The fraction of sp³-hybridized carbons (Fsp3) is 0.440. The zero-order valence-corrected chi connectivity index (χ0v) is 18.7. The first kappa shape index (κ1) is 22.2. The van der Waals surface area contributed by atoms with Crippen molar-refractivity contribution < 1.29 is 24.4 Å². The number of aromatic nitrogens is 2. The van der Waals surface area contributed by atoms with Crippen molar-refractivity contribution in [2.24, 2.45) is 0 Å². The topological polar surface area (TPSA) is 105 Å². The quantitative estimate of drug-likeness (QED) is 0.401. The van der Waals surface area contributed by atoms with E-state index in [1.165, 1.54) is 6.07 Å². The van der Waals surface area contributed by atoms with Crippen LogP contribution in [0.1, 0.15) is 54.0 Å². The number of halogens is 1. The molecule has 3 aromatic rings. The van der Waals surface area contributed by atoms with Crippen LogP contribution in [0.4, 0.5) is 4.39 Å². The van der Waals surface area contributed by atoms with E-state index < -0.39 is 11.9 Å². The molecule has 8 heteroatoms. The van der Waals surface area contributed by atoms with E-state index >= 15 is 0 Å². The van der Waals surface area contributed by atoms with Gasteiger partial charge in [0.05, 0.1) is 30.1 Å². The van der Waals surface area contributed by atoms with Gasteiger partial charge in [-0.2, -0.15) is 0 Å². The third-order valence-electron chi connectivity index (χ3n) is 7.08. The van der Waals surface area contributed by atoms with Crippen LogP contribution in [0, 0.1) is 12.7 Å². The summed E-state index contributed by atoms with van der Waals surface area (Å²) in [7, 11) is 0. The Morgan fingerprint density at radius 1 is 1.27 bits per heavy atom. The van der Waals surface area contributed by atoms with E-state index in [2.05, 4.69) is 0 Å². The number of aryl methyl sites for hydroxylation is 2. The van der Waals surface area contributed by atoms with Gasteiger partial charge in [0.15, 0.2) is 6.29 Å². The Hall–Kier alpha value is -2.65. The highest BCUT2D eigenvalue weighted by atomic mass is 19.1. The lowest BCUT2D eigenvalue weighted by atomic mass is 9.85. The molecular weight excluding hydrogens is 427 g/mol. The van der Waals surface area contributed by atoms with Crippen molar-refractivity contribution in [2.45, 2.75) is 64.6 Å². The number of aliphatic hydroxyl groups excluding tert-OH is 2. The van der Waals surface area contributed by atoms with Crippen LogP contribution in [-0.2, 0) is 29.9 Å². The fourth-order valence-electron chi connectivity index (χ4n) is 5.10. The van der Waals surface area contributed by atoms with Crippen LogP contribution < -0.4 is 5.56 Å². The molecule has 2 aliphatic heterocycles. The largest absolute Gasteiger partial charge is 0.396 e. The lowest BCUT2D eigenvalue weighted by molar-refractivity contribution is -0.236. The molecule has 2 aliphatic rings. The Kier molecular flexibility index (Phi) is 5.36. The maximum Gasteiger partial charge on any atom is 0.257 e. The molecule has 0 saturated heterocycles. The van der Waals surface area contributed by atoms with Crippen molar-refractivity contribution in [2.75, 3.05) is 6.61 Å². The Bertz CT molecular complexity index is 1340. The van der Waals surface area contributed by atoms with E-state index in [9.17, 15) is 24.5 Å². The number of benzene rings is 1. The average molecular weight is 454 g/mol. The normalized spacial score (nSPS) is 21.2. The van der Waals surface area contributed by atoms with Crippen LogP contribution in [0.5, 0.6) is 0 Å². The van der Waals surface area contributed by atoms with Crippen molar-refractivity contribution in [3.63, 3.8) is 0 Å². The second-order valence-corrected chi connectivity index (χ2v) is 8.97. The van der Waals surface area contributed by atoms with E-state index in [0.717, 1.165) is 22.9 Å². The highest BCUT2D eigenvalue weighted by molar-refractivity contribution is 5.88. The molecule has 3 N–H and O–H groups in total. The van der Waals surface area contributed by atoms with Crippen molar-refractivity contribution in [1.29, 1.82) is 0 Å². The van der Waals surface area contributed by atoms with Crippen molar-refractivity contribution in [3.05, 3.63) is 62.2 Å². The van der Waals surface area contributed by atoms with Gasteiger partial charge >= 0.3 is 0 Å². The number of rotatable bonds is 5. The average Bonchev–Trinajstić information content (AvgIpc) is 3.16. The zero-order chi connectivity index (χ0) is 23.5. The third kappa shape index (κ3) is 3.24. The minimum Gasteiger partial charge on any atom is -0.396 e. The molecule has 33 heavy (non-hydrogen) atoms. The summed E-state index contributed by atoms with van der Waals surface area (Å²) in [6.45, 7) is 3.75. The molecular formula is C25H27FN2O5. The number of fused-ring (bicyclic) bond motifs is 5. The summed E-state index contributed by atoms with van der Waals surface area (Å²) in [5, 5.41) is 31.5. The van der Waals surface area contributed by atoms with Crippen molar-refractivity contribution >= 4 is 10.9 Å². The van der Waals surface area contributed by atoms with E-state index in [4.69, 9.17) is 9.72 Å². The standard InChI is InChI=1S/C25H27FN2O5/c1-3-25(32)18-9-21-22-16(11-28(21)23(30)17(18)12-33-24(25)31)14(6-4-5-7-29)15-8-13(2)19(26)10-20(15)27-22/h8-10,24,29,31-32H,3-7,11-12H2,1-2H3/t24?,25-/m0/s1. The molecule has 0 saturated carbocycles. The number of unbranched alkanes of at least 4 members (excludes halogenated alkanes) is 1. The first-order chi connectivity index (χ1) is 15.8. The van der Waals surface area contributed by atoms with Gasteiger partial charge in [-0.05, 0) is 55.9 Å². The minimum absolute atomic E-state index is 0.0859. The van der Waals surface area contributed by atoms with Gasteiger partial charge in [-0.1, -0.05) is 6.92 Å². The number of nitrogens with zero attached hydrogens (tertiary/aromatic N) is 2. The van der Waals surface area contributed by atoms with E-state index in [1.807, 2.05) is 0 Å². The van der Waals surface area contributed by atoms with Crippen LogP contribution in [0.3, 0.4) is 0 Å². The number of ether oxygens (including phenoxy) is 1. The summed E-state index contributed by atoms with van der Waals surface area (Å²) in [6.07, 6.45) is 0.776. The second kappa shape index (κ2) is 7.99. The van der Waals surface area contributed by atoms with E-state index in [1.54, 1.807) is 30.5 Å². The molecule has 0 aliphatic carbocycles. The van der Waals surface area contributed by atoms with Gasteiger partial charge in [-0.25, -0.2) is 9.37 Å². The molecule has 1 unspecified atom stereocenters. The van der Waals surface area contributed by atoms with Gasteiger partial charge in [0.25, 0.3) is 5.56 Å². The first-order valence-corrected chi connectivity index (χ1v) is 11.3. The molecule has 1 aromatic carbocycles. The fourth-order valence-corrected chi connectivity index (χ4v) is 5.10. The maximum atomic E-state index is 14.4. The summed E-state index contributed by atoms with van der Waals surface area (Å²) in [5.74, 6) is -0.349. The Morgan fingerprint density at radius 3 is 2.79 bits per heavy atom. The van der Waals surface area contributed by atoms with Gasteiger partial charge in [0.1, 0.15) is 11.4 Å². The summed E-state index contributed by atoms with van der Waals surface area (Å²) in [4.78, 5) is 18.2. The SMILES string of the molecule is CC[C@]1(O)c2cc3n(c(=O)c2COC1O)Cc1c-3nc2cc(F)c(C)cc2c1CCCCO. The van der Waals surface area contributed by atoms with Crippen LogP contribution in [0.25, 0.3) is 22.3 Å². The van der Waals surface area contributed by atoms with Crippen molar-refractivity contribution in [3.8, 4) is 11.4 Å². The second-order valence-electron chi connectivity index (χ2n) is 8.97. The molecule has 0 radical (unpaired) electrons. The first-order valence-electron chi connectivity index (χ1n) is 11.3. The number of aliphatic hydroxyl groups is 3. The molecule has 2 atom stereocenters. The molecule has 0 bridgehead atoms. The lowest BCUT2D eigenvalue weighted by Crippen LogP contribution is -2.47. The van der Waals surface area contributed by atoms with Gasteiger partial charge in [0.2, 0.25) is 0 Å². The predicted octanol–water partition coefficient (Wildman–Crippen LogP) is 2.63. The van der Waals surface area contributed by atoms with Crippen molar-refractivity contribution in [1.82, 2.24) is 9.55 Å². The van der Waals surface area contributed by atoms with Crippen LogP contribution >= 0.6 is 0 Å². The molecule has 0 spiro atoms.